The summed E-state index contributed by atoms with van der Waals surface area (Å²) in [5.41, 5.74) is 0. The lowest BCUT2D eigenvalue weighted by atomic mass is 10.2. The van der Waals surface area contributed by atoms with Gasteiger partial charge in [-0.1, -0.05) is 26.2 Å². The van der Waals surface area contributed by atoms with Gasteiger partial charge in [0.05, 0.1) is 11.0 Å². The molecule has 1 N–H and O–H groups in total. The highest BCUT2D eigenvalue weighted by atomic mass is 32.1. The third-order valence-corrected chi connectivity index (χ3v) is 3.35. The minimum Gasteiger partial charge on any atom is -0.299 e. The smallest absolute Gasteiger partial charge is 0.0925 e. The molecule has 1 unspecified atom stereocenters. The molecule has 1 heterocycles. The van der Waals surface area contributed by atoms with Crippen molar-refractivity contribution in [2.75, 3.05) is 0 Å². The molecule has 1 aromatic rings. The van der Waals surface area contributed by atoms with Crippen LogP contribution in [0.2, 0.25) is 0 Å². The second kappa shape index (κ2) is 6.60. The summed E-state index contributed by atoms with van der Waals surface area (Å²) in [5.74, 6) is 2.77. The molecular weight excluding hydrogens is 204 g/mol. The lowest BCUT2D eigenvalue weighted by molar-refractivity contribution is 0.566. The molecule has 82 valence electrons. The van der Waals surface area contributed by atoms with E-state index < -0.39 is 0 Å². The van der Waals surface area contributed by atoms with E-state index in [0.29, 0.717) is 0 Å². The first-order valence-corrected chi connectivity index (χ1v) is 6.24. The molecule has 0 bridgehead atoms. The average Bonchev–Trinajstić information content (AvgIpc) is 2.72. The Morgan fingerprint density at radius 2 is 2.40 bits per heavy atom. The third-order valence-electron chi connectivity index (χ3n) is 2.21. The quantitative estimate of drug-likeness (QED) is 0.748. The van der Waals surface area contributed by atoms with Crippen LogP contribution in [0.3, 0.4) is 0 Å². The van der Waals surface area contributed by atoms with Crippen LogP contribution >= 0.6 is 11.3 Å². The molecule has 1 atom stereocenters. The fourth-order valence-corrected chi connectivity index (χ4v) is 2.16. The van der Waals surface area contributed by atoms with Gasteiger partial charge in [0.15, 0.2) is 0 Å². The standard InChI is InChI=1S/C12H18N2S/c1-4-7-10(5-2)13-8-11-9-14-12(6-3)15-11/h2,9-10,13H,4,6-8H2,1,3H3. The Hall–Kier alpha value is -0.850. The van der Waals surface area contributed by atoms with Crippen LogP contribution in [-0.4, -0.2) is 11.0 Å². The van der Waals surface area contributed by atoms with E-state index in [1.807, 2.05) is 6.20 Å². The van der Waals surface area contributed by atoms with Gasteiger partial charge in [0, 0.05) is 17.6 Å². The summed E-state index contributed by atoms with van der Waals surface area (Å²) in [6.07, 6.45) is 10.5. The van der Waals surface area contributed by atoms with Crippen molar-refractivity contribution >= 4 is 11.3 Å². The Morgan fingerprint density at radius 3 is 2.93 bits per heavy atom. The maximum Gasteiger partial charge on any atom is 0.0925 e. The molecule has 15 heavy (non-hydrogen) atoms. The van der Waals surface area contributed by atoms with E-state index in [2.05, 4.69) is 30.1 Å². The summed E-state index contributed by atoms with van der Waals surface area (Å²) in [6, 6.07) is 0.196. The molecule has 0 radical (unpaired) electrons. The summed E-state index contributed by atoms with van der Waals surface area (Å²) < 4.78 is 0. The summed E-state index contributed by atoms with van der Waals surface area (Å²) in [5, 5.41) is 4.55. The molecule has 0 aliphatic heterocycles. The highest BCUT2D eigenvalue weighted by molar-refractivity contribution is 7.11. The number of terminal acetylenes is 1. The number of rotatable bonds is 6. The van der Waals surface area contributed by atoms with Crippen molar-refractivity contribution in [2.24, 2.45) is 0 Å². The Balaban J connectivity index is 2.39. The molecule has 0 spiro atoms. The Bertz CT molecular complexity index is 325. The lowest BCUT2D eigenvalue weighted by Crippen LogP contribution is -2.26. The zero-order chi connectivity index (χ0) is 11.1. The summed E-state index contributed by atoms with van der Waals surface area (Å²) in [6.45, 7) is 5.11. The van der Waals surface area contributed by atoms with Gasteiger partial charge in [-0.3, -0.25) is 5.32 Å². The Morgan fingerprint density at radius 1 is 1.60 bits per heavy atom. The fourth-order valence-electron chi connectivity index (χ4n) is 1.35. The number of hydrogen-bond donors (Lipinski definition) is 1. The van der Waals surface area contributed by atoms with Crippen molar-refractivity contribution < 1.29 is 0 Å². The minimum absolute atomic E-state index is 0.196. The van der Waals surface area contributed by atoms with Gasteiger partial charge in [0.1, 0.15) is 0 Å². The molecule has 0 aromatic carbocycles. The Labute approximate surface area is 96.1 Å². The first-order valence-electron chi connectivity index (χ1n) is 5.43. The molecule has 3 heteroatoms. The van der Waals surface area contributed by atoms with Crippen LogP contribution in [0, 0.1) is 12.3 Å². The molecule has 0 saturated carbocycles. The maximum atomic E-state index is 5.43. The van der Waals surface area contributed by atoms with E-state index in [9.17, 15) is 0 Å². The van der Waals surface area contributed by atoms with Crippen LogP contribution in [0.4, 0.5) is 0 Å². The normalized spacial score (nSPS) is 12.3. The van der Waals surface area contributed by atoms with Gasteiger partial charge < -0.3 is 0 Å². The zero-order valence-electron chi connectivity index (χ0n) is 9.42. The van der Waals surface area contributed by atoms with Crippen LogP contribution in [0.15, 0.2) is 6.20 Å². The highest BCUT2D eigenvalue weighted by Gasteiger charge is 2.04. The predicted molar refractivity (Wildman–Crippen MR) is 65.9 cm³/mol. The van der Waals surface area contributed by atoms with Crippen LogP contribution in [0.1, 0.15) is 36.6 Å². The lowest BCUT2D eigenvalue weighted by Gasteiger charge is -2.10. The monoisotopic (exact) mass is 222 g/mol. The van der Waals surface area contributed by atoms with Crippen LogP contribution in [-0.2, 0) is 13.0 Å². The van der Waals surface area contributed by atoms with Gasteiger partial charge in [-0.2, -0.15) is 0 Å². The SMILES string of the molecule is C#CC(CCC)NCc1cnc(CC)s1. The van der Waals surface area contributed by atoms with Gasteiger partial charge in [0.25, 0.3) is 0 Å². The van der Waals surface area contributed by atoms with Crippen molar-refractivity contribution in [3.05, 3.63) is 16.1 Å². The average molecular weight is 222 g/mol. The first kappa shape index (κ1) is 12.2. The molecule has 0 aliphatic rings. The van der Waals surface area contributed by atoms with E-state index in [1.54, 1.807) is 11.3 Å². The number of aromatic nitrogens is 1. The van der Waals surface area contributed by atoms with Crippen molar-refractivity contribution in [3.8, 4) is 12.3 Å². The number of hydrogen-bond acceptors (Lipinski definition) is 3. The van der Waals surface area contributed by atoms with Crippen molar-refractivity contribution in [1.82, 2.24) is 10.3 Å². The fraction of sp³-hybridized carbons (Fsp3) is 0.583. The topological polar surface area (TPSA) is 24.9 Å². The number of nitrogens with zero attached hydrogens (tertiary/aromatic N) is 1. The van der Waals surface area contributed by atoms with Gasteiger partial charge in [-0.05, 0) is 12.8 Å². The molecule has 1 aromatic heterocycles. The number of aryl methyl sites for hydroxylation is 1. The van der Waals surface area contributed by atoms with Crippen LogP contribution in [0.5, 0.6) is 0 Å². The molecule has 2 nitrogen and oxygen atoms in total. The molecule has 0 fully saturated rings. The maximum absolute atomic E-state index is 5.43. The molecule has 1 rings (SSSR count). The Kier molecular flexibility index (Phi) is 5.38. The summed E-state index contributed by atoms with van der Waals surface area (Å²) in [4.78, 5) is 5.58. The summed E-state index contributed by atoms with van der Waals surface area (Å²) in [7, 11) is 0. The molecule has 0 saturated heterocycles. The molecular formula is C12H18N2S. The van der Waals surface area contributed by atoms with E-state index in [0.717, 1.165) is 25.8 Å². The second-order valence-corrected chi connectivity index (χ2v) is 4.66. The van der Waals surface area contributed by atoms with Gasteiger partial charge in [-0.15, -0.1) is 17.8 Å². The van der Waals surface area contributed by atoms with Gasteiger partial charge >= 0.3 is 0 Å². The van der Waals surface area contributed by atoms with E-state index in [-0.39, 0.29) is 6.04 Å². The third kappa shape index (κ3) is 4.03. The summed E-state index contributed by atoms with van der Waals surface area (Å²) >= 11 is 1.76. The zero-order valence-corrected chi connectivity index (χ0v) is 10.2. The van der Waals surface area contributed by atoms with E-state index >= 15 is 0 Å². The van der Waals surface area contributed by atoms with Gasteiger partial charge in [0.2, 0.25) is 0 Å². The predicted octanol–water partition coefficient (Wildman–Crippen LogP) is 2.60. The van der Waals surface area contributed by atoms with Crippen molar-refractivity contribution in [2.45, 2.75) is 45.7 Å². The van der Waals surface area contributed by atoms with Crippen molar-refractivity contribution in [3.63, 3.8) is 0 Å². The second-order valence-electron chi connectivity index (χ2n) is 3.46. The van der Waals surface area contributed by atoms with Crippen LogP contribution < -0.4 is 5.32 Å². The largest absolute Gasteiger partial charge is 0.299 e. The van der Waals surface area contributed by atoms with Crippen molar-refractivity contribution in [1.29, 1.82) is 0 Å². The van der Waals surface area contributed by atoms with Gasteiger partial charge in [-0.25, -0.2) is 4.98 Å². The highest BCUT2D eigenvalue weighted by Crippen LogP contribution is 2.13. The molecule has 0 aliphatic carbocycles. The van der Waals surface area contributed by atoms with E-state index in [4.69, 9.17) is 6.42 Å². The van der Waals surface area contributed by atoms with Crippen LogP contribution in [0.25, 0.3) is 0 Å². The van der Waals surface area contributed by atoms with E-state index in [1.165, 1.54) is 9.88 Å². The number of nitrogens with one attached hydrogen (secondary N) is 1. The number of thiazole rings is 1. The minimum atomic E-state index is 0.196. The first-order chi connectivity index (χ1) is 7.30. The molecule has 0 amide bonds.